The van der Waals surface area contributed by atoms with E-state index in [2.05, 4.69) is 22.0 Å². The lowest BCUT2D eigenvalue weighted by atomic mass is 10.00. The summed E-state index contributed by atoms with van der Waals surface area (Å²) in [7, 11) is 0. The van der Waals surface area contributed by atoms with Crippen molar-refractivity contribution in [1.82, 2.24) is 4.98 Å². The summed E-state index contributed by atoms with van der Waals surface area (Å²) < 4.78 is 6.91. The summed E-state index contributed by atoms with van der Waals surface area (Å²) in [5, 5.41) is 9.14. The minimum Gasteiger partial charge on any atom is -0.441 e. The normalized spacial score (nSPS) is 10.9. The Morgan fingerprint density at radius 1 is 1.09 bits per heavy atom. The van der Waals surface area contributed by atoms with Gasteiger partial charge < -0.3 is 9.52 Å². The van der Waals surface area contributed by atoms with Crippen molar-refractivity contribution in [3.63, 3.8) is 0 Å². The highest BCUT2D eigenvalue weighted by Crippen LogP contribution is 2.34. The smallest absolute Gasteiger partial charge is 0.226 e. The zero-order chi connectivity index (χ0) is 16.2. The third kappa shape index (κ3) is 3.38. The first-order valence-corrected chi connectivity index (χ1v) is 8.41. The van der Waals surface area contributed by atoms with Crippen LogP contribution in [-0.4, -0.2) is 16.7 Å². The highest BCUT2D eigenvalue weighted by atomic mass is 79.9. The Labute approximate surface area is 144 Å². The lowest BCUT2D eigenvalue weighted by Gasteiger charge is -2.09. The zero-order valence-corrected chi connectivity index (χ0v) is 14.5. The van der Waals surface area contributed by atoms with Gasteiger partial charge in [-0.25, -0.2) is 4.98 Å². The second-order valence-corrected chi connectivity index (χ2v) is 6.24. The molecule has 118 valence electrons. The number of oxazole rings is 1. The van der Waals surface area contributed by atoms with Crippen LogP contribution in [0.5, 0.6) is 0 Å². The van der Waals surface area contributed by atoms with Crippen LogP contribution in [0.3, 0.4) is 0 Å². The molecular formula is C19H18BrNO2. The average molecular weight is 372 g/mol. The zero-order valence-electron chi connectivity index (χ0n) is 12.9. The van der Waals surface area contributed by atoms with Crippen molar-refractivity contribution in [2.45, 2.75) is 19.8 Å². The number of rotatable bonds is 5. The van der Waals surface area contributed by atoms with Crippen LogP contribution in [0.2, 0.25) is 0 Å². The largest absolute Gasteiger partial charge is 0.441 e. The Kier molecular flexibility index (Phi) is 4.94. The molecule has 3 rings (SSSR count). The number of hydrogen-bond acceptors (Lipinski definition) is 3. The first-order chi connectivity index (χ1) is 11.2. The fraction of sp³-hybridized carbons (Fsp3) is 0.211. The lowest BCUT2D eigenvalue weighted by molar-refractivity contribution is 0.288. The minimum atomic E-state index is 0.174. The Bertz CT molecular complexity index is 796. The fourth-order valence-corrected chi connectivity index (χ4v) is 3.21. The maximum Gasteiger partial charge on any atom is 0.226 e. The van der Waals surface area contributed by atoms with Crippen LogP contribution in [0, 0.1) is 6.92 Å². The van der Waals surface area contributed by atoms with Gasteiger partial charge in [0.2, 0.25) is 5.89 Å². The molecule has 1 heterocycles. The monoisotopic (exact) mass is 371 g/mol. The van der Waals surface area contributed by atoms with Gasteiger partial charge in [-0.15, -0.1) is 0 Å². The molecule has 3 nitrogen and oxygen atoms in total. The van der Waals surface area contributed by atoms with Gasteiger partial charge in [0.25, 0.3) is 0 Å². The fourth-order valence-electron chi connectivity index (χ4n) is 2.64. The van der Waals surface area contributed by atoms with E-state index in [0.717, 1.165) is 45.5 Å². The van der Waals surface area contributed by atoms with Crippen LogP contribution in [0.15, 0.2) is 57.4 Å². The van der Waals surface area contributed by atoms with Crippen LogP contribution in [0.25, 0.3) is 22.7 Å². The van der Waals surface area contributed by atoms with Gasteiger partial charge in [0, 0.05) is 22.2 Å². The molecule has 2 aromatic carbocycles. The summed E-state index contributed by atoms with van der Waals surface area (Å²) in [5.41, 5.74) is 4.03. The maximum absolute atomic E-state index is 9.14. The number of benzene rings is 2. The van der Waals surface area contributed by atoms with E-state index in [0.29, 0.717) is 5.89 Å². The molecule has 0 amide bonds. The summed E-state index contributed by atoms with van der Waals surface area (Å²) >= 11 is 3.61. The molecule has 0 atom stereocenters. The number of aryl methyl sites for hydroxylation is 1. The van der Waals surface area contributed by atoms with Crippen molar-refractivity contribution in [2.24, 2.45) is 0 Å². The number of halogens is 1. The lowest BCUT2D eigenvalue weighted by Crippen LogP contribution is -1.95. The second-order valence-electron chi connectivity index (χ2n) is 5.38. The SMILES string of the molecule is Cc1oc(-c2ccccc2)nc1-c1cccc(Br)c1CCCO. The van der Waals surface area contributed by atoms with Gasteiger partial charge in [-0.1, -0.05) is 46.3 Å². The number of hydrogen-bond donors (Lipinski definition) is 1. The van der Waals surface area contributed by atoms with Crippen molar-refractivity contribution in [1.29, 1.82) is 0 Å². The third-order valence-corrected chi connectivity index (χ3v) is 4.52. The van der Waals surface area contributed by atoms with E-state index >= 15 is 0 Å². The summed E-state index contributed by atoms with van der Waals surface area (Å²) in [6.07, 6.45) is 1.51. The number of nitrogens with zero attached hydrogens (tertiary/aromatic N) is 1. The maximum atomic E-state index is 9.14. The van der Waals surface area contributed by atoms with Crippen molar-refractivity contribution in [3.05, 3.63) is 64.3 Å². The molecule has 0 unspecified atom stereocenters. The van der Waals surface area contributed by atoms with Gasteiger partial charge in [0.15, 0.2) is 0 Å². The van der Waals surface area contributed by atoms with Gasteiger partial charge in [0.05, 0.1) is 0 Å². The van der Waals surface area contributed by atoms with Crippen molar-refractivity contribution in [3.8, 4) is 22.7 Å². The van der Waals surface area contributed by atoms with Crippen LogP contribution < -0.4 is 0 Å². The van der Waals surface area contributed by atoms with Crippen LogP contribution >= 0.6 is 15.9 Å². The van der Waals surface area contributed by atoms with E-state index in [1.54, 1.807) is 0 Å². The summed E-state index contributed by atoms with van der Waals surface area (Å²) in [6, 6.07) is 16.0. The molecule has 0 bridgehead atoms. The number of aliphatic hydroxyl groups is 1. The molecule has 1 N–H and O–H groups in total. The van der Waals surface area contributed by atoms with Crippen molar-refractivity contribution < 1.29 is 9.52 Å². The number of aliphatic hydroxyl groups excluding tert-OH is 1. The highest BCUT2D eigenvalue weighted by Gasteiger charge is 2.17. The van der Waals surface area contributed by atoms with Crippen LogP contribution in [0.1, 0.15) is 17.7 Å². The third-order valence-electron chi connectivity index (χ3n) is 3.78. The first kappa shape index (κ1) is 16.0. The van der Waals surface area contributed by atoms with E-state index in [4.69, 9.17) is 14.5 Å². The summed E-state index contributed by atoms with van der Waals surface area (Å²) in [6.45, 7) is 2.11. The number of aromatic nitrogens is 1. The molecule has 0 spiro atoms. The van der Waals surface area contributed by atoms with Gasteiger partial charge in [-0.3, -0.25) is 0 Å². The van der Waals surface area contributed by atoms with Crippen molar-refractivity contribution in [2.75, 3.05) is 6.61 Å². The Morgan fingerprint density at radius 2 is 1.87 bits per heavy atom. The van der Waals surface area contributed by atoms with Gasteiger partial charge in [-0.05, 0) is 43.5 Å². The van der Waals surface area contributed by atoms with E-state index < -0.39 is 0 Å². The van der Waals surface area contributed by atoms with E-state index in [1.807, 2.05) is 49.4 Å². The van der Waals surface area contributed by atoms with E-state index in [1.165, 1.54) is 0 Å². The van der Waals surface area contributed by atoms with E-state index in [-0.39, 0.29) is 6.61 Å². The topological polar surface area (TPSA) is 46.3 Å². The molecule has 0 saturated heterocycles. The second kappa shape index (κ2) is 7.11. The quantitative estimate of drug-likeness (QED) is 0.685. The predicted octanol–water partition coefficient (Wildman–Crippen LogP) is 5.00. The molecule has 1 aromatic heterocycles. The summed E-state index contributed by atoms with van der Waals surface area (Å²) in [5.74, 6) is 1.43. The molecule has 0 aliphatic heterocycles. The molecule has 3 aromatic rings. The minimum absolute atomic E-state index is 0.174. The van der Waals surface area contributed by atoms with Gasteiger partial charge in [-0.2, -0.15) is 0 Å². The van der Waals surface area contributed by atoms with Gasteiger partial charge in [0.1, 0.15) is 11.5 Å². The Hall–Kier alpha value is -1.91. The average Bonchev–Trinajstić information content (AvgIpc) is 2.96. The highest BCUT2D eigenvalue weighted by molar-refractivity contribution is 9.10. The first-order valence-electron chi connectivity index (χ1n) is 7.62. The molecule has 0 radical (unpaired) electrons. The summed E-state index contributed by atoms with van der Waals surface area (Å²) in [4.78, 5) is 4.71. The van der Waals surface area contributed by atoms with E-state index in [9.17, 15) is 0 Å². The molecule has 0 aliphatic carbocycles. The molecule has 4 heteroatoms. The molecular weight excluding hydrogens is 354 g/mol. The molecule has 23 heavy (non-hydrogen) atoms. The molecule has 0 fully saturated rings. The van der Waals surface area contributed by atoms with Crippen LogP contribution in [0.4, 0.5) is 0 Å². The predicted molar refractivity (Wildman–Crippen MR) is 95.2 cm³/mol. The Balaban J connectivity index is 2.06. The molecule has 0 saturated carbocycles. The standard InChI is InChI=1S/C19H18BrNO2/c1-13-18(21-19(23-13)14-7-3-2-4-8-14)16-9-5-11-17(20)15(16)10-6-12-22/h2-5,7-9,11,22H,6,10,12H2,1H3. The molecule has 0 aliphatic rings. The van der Waals surface area contributed by atoms with Crippen LogP contribution in [-0.2, 0) is 6.42 Å². The van der Waals surface area contributed by atoms with Gasteiger partial charge >= 0.3 is 0 Å². The Morgan fingerprint density at radius 3 is 2.61 bits per heavy atom. The van der Waals surface area contributed by atoms with Crippen molar-refractivity contribution >= 4 is 15.9 Å².